The Morgan fingerprint density at radius 3 is 2.20 bits per heavy atom. The van der Waals surface area contributed by atoms with Gasteiger partial charge in [0, 0.05) is 10.8 Å². The van der Waals surface area contributed by atoms with Crippen LogP contribution in [0, 0.1) is 0 Å². The van der Waals surface area contributed by atoms with Crippen LogP contribution in [0.25, 0.3) is 0 Å². The molecule has 0 radical (unpaired) electrons. The van der Waals surface area contributed by atoms with Crippen LogP contribution in [0.4, 0.5) is 0 Å². The highest BCUT2D eigenvalue weighted by molar-refractivity contribution is 7.87. The highest BCUT2D eigenvalue weighted by Gasteiger charge is 2.24. The number of amides is 1. The van der Waals surface area contributed by atoms with Crippen molar-refractivity contribution in [1.82, 2.24) is 5.48 Å². The molecule has 1 amide bonds. The fourth-order valence-electron chi connectivity index (χ4n) is 0.785. The van der Waals surface area contributed by atoms with Gasteiger partial charge in [0.05, 0.1) is 0 Å². The SMILES string of the molecule is CCC(C(=O)NO)S(=O)CC(=O)O.NO. The topological polar surface area (TPSA) is 150 Å². The molecule has 0 aromatic carbocycles. The van der Waals surface area contributed by atoms with Gasteiger partial charge >= 0.3 is 5.97 Å². The average molecular weight is 242 g/mol. The average Bonchev–Trinajstić information content (AvgIpc) is 2.20. The van der Waals surface area contributed by atoms with Crippen molar-refractivity contribution in [2.45, 2.75) is 18.6 Å². The summed E-state index contributed by atoms with van der Waals surface area (Å²) in [7, 11) is -1.79. The summed E-state index contributed by atoms with van der Waals surface area (Å²) in [5.41, 5.74) is 1.35. The molecule has 6 N–H and O–H groups in total. The van der Waals surface area contributed by atoms with Crippen molar-refractivity contribution in [1.29, 1.82) is 0 Å². The highest BCUT2D eigenvalue weighted by atomic mass is 32.2. The van der Waals surface area contributed by atoms with Gasteiger partial charge in [-0.2, -0.15) is 0 Å². The number of carbonyl (C=O) groups is 2. The molecule has 2 atom stereocenters. The molecule has 0 bridgehead atoms. The molecule has 0 aliphatic carbocycles. The van der Waals surface area contributed by atoms with Crippen LogP contribution >= 0.6 is 0 Å². The molecule has 0 saturated carbocycles. The van der Waals surface area contributed by atoms with Gasteiger partial charge in [-0.3, -0.25) is 19.0 Å². The maximum atomic E-state index is 11.1. The zero-order chi connectivity index (χ0) is 12.4. The number of aliphatic carboxylic acids is 1. The quantitative estimate of drug-likeness (QED) is 0.289. The first-order valence-electron chi connectivity index (χ1n) is 3.81. The number of carboxylic acids is 1. The summed E-state index contributed by atoms with van der Waals surface area (Å²) in [5, 5.41) is 22.1. The van der Waals surface area contributed by atoms with Crippen molar-refractivity contribution in [2.75, 3.05) is 5.75 Å². The van der Waals surface area contributed by atoms with Crippen molar-refractivity contribution in [3.8, 4) is 0 Å². The number of carboxylic acid groups (broad SMARTS) is 1. The molecule has 0 spiro atoms. The number of nitrogens with one attached hydrogen (secondary N) is 1. The zero-order valence-electron chi connectivity index (χ0n) is 8.04. The minimum absolute atomic E-state index is 0.215. The van der Waals surface area contributed by atoms with E-state index in [1.165, 1.54) is 5.48 Å². The van der Waals surface area contributed by atoms with Crippen LogP contribution in [0.5, 0.6) is 0 Å². The van der Waals surface area contributed by atoms with Gasteiger partial charge in [0.15, 0.2) is 0 Å². The first-order valence-corrected chi connectivity index (χ1v) is 5.19. The van der Waals surface area contributed by atoms with E-state index in [9.17, 15) is 13.8 Å². The number of hydrogen-bond acceptors (Lipinski definition) is 6. The molecular weight excluding hydrogens is 228 g/mol. The van der Waals surface area contributed by atoms with Crippen molar-refractivity contribution in [3.05, 3.63) is 0 Å². The number of hydroxylamine groups is 1. The summed E-state index contributed by atoms with van der Waals surface area (Å²) in [6, 6.07) is 0. The second-order valence-electron chi connectivity index (χ2n) is 2.29. The van der Waals surface area contributed by atoms with Crippen LogP contribution in [0.3, 0.4) is 0 Å². The fourth-order valence-corrected chi connectivity index (χ4v) is 1.89. The first kappa shape index (κ1) is 16.4. The summed E-state index contributed by atoms with van der Waals surface area (Å²) in [5.74, 6) is 0.857. The number of rotatable bonds is 5. The smallest absolute Gasteiger partial charge is 0.316 e. The second-order valence-corrected chi connectivity index (χ2v) is 3.91. The van der Waals surface area contributed by atoms with Gasteiger partial charge < -0.3 is 10.3 Å². The molecule has 90 valence electrons. The van der Waals surface area contributed by atoms with Crippen LogP contribution < -0.4 is 11.4 Å². The minimum atomic E-state index is -1.79. The van der Waals surface area contributed by atoms with Crippen molar-refractivity contribution >= 4 is 22.7 Å². The third kappa shape index (κ3) is 6.96. The molecule has 0 aliphatic heterocycles. The predicted octanol–water partition coefficient (Wildman–Crippen LogP) is -1.56. The maximum absolute atomic E-state index is 11.1. The van der Waals surface area contributed by atoms with E-state index in [0.717, 1.165) is 0 Å². The van der Waals surface area contributed by atoms with Gasteiger partial charge in [-0.25, -0.2) is 11.4 Å². The summed E-state index contributed by atoms with van der Waals surface area (Å²) in [6.45, 7) is 1.58. The Kier molecular flexibility index (Phi) is 10.4. The van der Waals surface area contributed by atoms with Crippen molar-refractivity contribution in [2.24, 2.45) is 5.90 Å². The molecule has 0 aromatic heterocycles. The maximum Gasteiger partial charge on any atom is 0.316 e. The Bertz CT molecular complexity index is 234. The lowest BCUT2D eigenvalue weighted by molar-refractivity contribution is -0.133. The summed E-state index contributed by atoms with van der Waals surface area (Å²) in [6.07, 6.45) is 0.215. The second kappa shape index (κ2) is 9.52. The predicted molar refractivity (Wildman–Crippen MR) is 50.6 cm³/mol. The monoisotopic (exact) mass is 242 g/mol. The van der Waals surface area contributed by atoms with E-state index in [2.05, 4.69) is 5.90 Å². The van der Waals surface area contributed by atoms with Crippen LogP contribution in [-0.2, 0) is 20.4 Å². The third-order valence-corrected chi connectivity index (χ3v) is 3.07. The Labute approximate surface area is 88.4 Å². The first-order chi connectivity index (χ1) is 7.02. The van der Waals surface area contributed by atoms with Gasteiger partial charge in [-0.15, -0.1) is 0 Å². The van der Waals surface area contributed by atoms with E-state index in [1.807, 2.05) is 0 Å². The lowest BCUT2D eigenvalue weighted by Crippen LogP contribution is -2.37. The number of nitrogens with two attached hydrogens (primary N) is 1. The van der Waals surface area contributed by atoms with Crippen molar-refractivity contribution < 1.29 is 29.3 Å². The van der Waals surface area contributed by atoms with Gasteiger partial charge in [0.1, 0.15) is 11.0 Å². The molecular formula is C6H14N2O6S. The summed E-state index contributed by atoms with van der Waals surface area (Å²) in [4.78, 5) is 21.0. The van der Waals surface area contributed by atoms with E-state index < -0.39 is 33.7 Å². The molecule has 2 unspecified atom stereocenters. The fraction of sp³-hybridized carbons (Fsp3) is 0.667. The van der Waals surface area contributed by atoms with Gasteiger partial charge in [-0.05, 0) is 6.42 Å². The highest BCUT2D eigenvalue weighted by Crippen LogP contribution is 2.02. The normalized spacial score (nSPS) is 13.1. The molecule has 0 fully saturated rings. The zero-order valence-corrected chi connectivity index (χ0v) is 8.86. The molecule has 8 nitrogen and oxygen atoms in total. The van der Waals surface area contributed by atoms with Crippen molar-refractivity contribution in [3.63, 3.8) is 0 Å². The molecule has 15 heavy (non-hydrogen) atoms. The number of carbonyl (C=O) groups excluding carboxylic acids is 1. The van der Waals surface area contributed by atoms with Gasteiger partial charge in [-0.1, -0.05) is 6.92 Å². The molecule has 0 aliphatic rings. The minimum Gasteiger partial charge on any atom is -0.481 e. The van der Waals surface area contributed by atoms with Gasteiger partial charge in [0.2, 0.25) is 0 Å². The standard InChI is InChI=1S/C6H11NO5S.H3NO/c1-2-4(6(10)7-11)13(12)3-5(8)9;1-2/h4,11H,2-3H2,1H3,(H,7,10)(H,8,9);2H,1H2. The summed E-state index contributed by atoms with van der Waals surface area (Å²) < 4.78 is 11.1. The van der Waals surface area contributed by atoms with E-state index in [1.54, 1.807) is 6.92 Å². The largest absolute Gasteiger partial charge is 0.481 e. The third-order valence-electron chi connectivity index (χ3n) is 1.36. The van der Waals surface area contributed by atoms with Crippen LogP contribution in [0.15, 0.2) is 0 Å². The molecule has 0 heterocycles. The lowest BCUT2D eigenvalue weighted by atomic mass is 10.3. The van der Waals surface area contributed by atoms with Crippen LogP contribution in [-0.4, -0.2) is 42.6 Å². The lowest BCUT2D eigenvalue weighted by Gasteiger charge is -2.09. The van der Waals surface area contributed by atoms with Crippen LogP contribution in [0.1, 0.15) is 13.3 Å². The van der Waals surface area contributed by atoms with Gasteiger partial charge in [0.25, 0.3) is 5.91 Å². The number of hydrogen-bond donors (Lipinski definition) is 5. The molecule has 9 heteroatoms. The Hall–Kier alpha value is -1.03. The van der Waals surface area contributed by atoms with Crippen LogP contribution in [0.2, 0.25) is 0 Å². The van der Waals surface area contributed by atoms with E-state index >= 15 is 0 Å². The van der Waals surface area contributed by atoms with E-state index in [-0.39, 0.29) is 6.42 Å². The van der Waals surface area contributed by atoms with E-state index in [0.29, 0.717) is 0 Å². The Balaban J connectivity index is 0. The Morgan fingerprint density at radius 2 is 1.93 bits per heavy atom. The Morgan fingerprint density at radius 1 is 1.47 bits per heavy atom. The molecule has 0 aromatic rings. The van der Waals surface area contributed by atoms with E-state index in [4.69, 9.17) is 15.5 Å². The summed E-state index contributed by atoms with van der Waals surface area (Å²) >= 11 is 0. The molecule has 0 rings (SSSR count). The molecule has 0 saturated heterocycles.